The average molecular weight is 256 g/mol. The topological polar surface area (TPSA) is 42.8 Å². The Morgan fingerprint density at radius 1 is 0.947 bits per heavy atom. The monoisotopic (exact) mass is 256 g/mol. The molecule has 4 heteroatoms. The molecule has 0 heterocycles. The summed E-state index contributed by atoms with van der Waals surface area (Å²) >= 11 is 0. The molecule has 0 amide bonds. The predicted molar refractivity (Wildman–Crippen MR) is 77.2 cm³/mol. The van der Waals surface area contributed by atoms with Gasteiger partial charge < -0.3 is 9.47 Å². The van der Waals surface area contributed by atoms with Gasteiger partial charge in [-0.3, -0.25) is 5.43 Å². The van der Waals surface area contributed by atoms with E-state index in [0.29, 0.717) is 0 Å². The van der Waals surface area contributed by atoms with E-state index >= 15 is 0 Å². The zero-order valence-corrected chi connectivity index (χ0v) is 11.0. The van der Waals surface area contributed by atoms with Gasteiger partial charge in [-0.1, -0.05) is 18.2 Å². The first kappa shape index (κ1) is 13.0. The van der Waals surface area contributed by atoms with E-state index in [2.05, 4.69) is 10.5 Å². The Morgan fingerprint density at radius 3 is 2.16 bits per heavy atom. The first-order valence-corrected chi connectivity index (χ1v) is 5.89. The van der Waals surface area contributed by atoms with E-state index < -0.39 is 0 Å². The van der Waals surface area contributed by atoms with Crippen molar-refractivity contribution in [1.29, 1.82) is 0 Å². The fraction of sp³-hybridized carbons (Fsp3) is 0.133. The van der Waals surface area contributed by atoms with E-state index in [-0.39, 0.29) is 0 Å². The molecule has 19 heavy (non-hydrogen) atoms. The molecule has 0 aliphatic rings. The third-order valence-electron chi connectivity index (χ3n) is 2.55. The molecular weight excluding hydrogens is 240 g/mol. The molecule has 0 unspecified atom stereocenters. The molecule has 4 nitrogen and oxygen atoms in total. The van der Waals surface area contributed by atoms with Gasteiger partial charge in [-0.25, -0.2) is 0 Å². The zero-order valence-electron chi connectivity index (χ0n) is 11.0. The highest BCUT2D eigenvalue weighted by Crippen LogP contribution is 2.21. The Balaban J connectivity index is 2.10. The molecule has 0 bridgehead atoms. The molecule has 2 aromatic carbocycles. The smallest absolute Gasteiger partial charge is 0.123 e. The molecular formula is C15H16N2O2. The number of anilines is 1. The van der Waals surface area contributed by atoms with Crippen LogP contribution in [0.5, 0.6) is 11.5 Å². The first-order valence-electron chi connectivity index (χ1n) is 5.89. The summed E-state index contributed by atoms with van der Waals surface area (Å²) in [6, 6.07) is 15.4. The van der Waals surface area contributed by atoms with Crippen molar-refractivity contribution in [1.82, 2.24) is 0 Å². The van der Waals surface area contributed by atoms with Crippen LogP contribution in [-0.4, -0.2) is 20.4 Å². The van der Waals surface area contributed by atoms with Gasteiger partial charge in [0.25, 0.3) is 0 Å². The van der Waals surface area contributed by atoms with Crippen molar-refractivity contribution in [2.75, 3.05) is 19.6 Å². The van der Waals surface area contributed by atoms with Crippen molar-refractivity contribution < 1.29 is 9.47 Å². The van der Waals surface area contributed by atoms with E-state index in [1.807, 2.05) is 48.5 Å². The number of ether oxygens (including phenoxy) is 2. The normalized spacial score (nSPS) is 10.4. The lowest BCUT2D eigenvalue weighted by Crippen LogP contribution is -1.93. The number of hydrazone groups is 1. The van der Waals surface area contributed by atoms with Crippen molar-refractivity contribution in [3.8, 4) is 11.5 Å². The lowest BCUT2D eigenvalue weighted by atomic mass is 10.2. The third kappa shape index (κ3) is 3.74. The highest BCUT2D eigenvalue weighted by atomic mass is 16.5. The Labute approximate surface area is 112 Å². The Bertz CT molecular complexity index is 531. The molecule has 0 saturated heterocycles. The van der Waals surface area contributed by atoms with Gasteiger partial charge in [-0.15, -0.1) is 0 Å². The highest BCUT2D eigenvalue weighted by molar-refractivity contribution is 5.81. The van der Waals surface area contributed by atoms with Crippen LogP contribution in [-0.2, 0) is 0 Å². The molecule has 2 rings (SSSR count). The summed E-state index contributed by atoms with van der Waals surface area (Å²) in [6.07, 6.45) is 1.72. The minimum absolute atomic E-state index is 0.737. The Morgan fingerprint density at radius 2 is 1.58 bits per heavy atom. The lowest BCUT2D eigenvalue weighted by Gasteiger charge is -2.05. The summed E-state index contributed by atoms with van der Waals surface area (Å²) in [5, 5.41) is 4.18. The van der Waals surface area contributed by atoms with Crippen LogP contribution in [0.25, 0.3) is 0 Å². The number of para-hydroxylation sites is 1. The number of rotatable bonds is 5. The van der Waals surface area contributed by atoms with Crippen molar-refractivity contribution in [3.63, 3.8) is 0 Å². The molecule has 0 saturated carbocycles. The van der Waals surface area contributed by atoms with Crippen LogP contribution in [0.15, 0.2) is 53.6 Å². The number of hydrogen-bond donors (Lipinski definition) is 1. The third-order valence-corrected chi connectivity index (χ3v) is 2.55. The van der Waals surface area contributed by atoms with Gasteiger partial charge in [-0.05, 0) is 24.3 Å². The SMILES string of the molecule is COc1cc(C=NNc2ccccc2)cc(OC)c1. The minimum Gasteiger partial charge on any atom is -0.497 e. The Kier molecular flexibility index (Phi) is 4.39. The van der Waals surface area contributed by atoms with Gasteiger partial charge in [0.15, 0.2) is 0 Å². The fourth-order valence-corrected chi connectivity index (χ4v) is 1.60. The maximum absolute atomic E-state index is 5.20. The number of methoxy groups -OCH3 is 2. The van der Waals surface area contributed by atoms with Crippen LogP contribution in [0.3, 0.4) is 0 Å². The van der Waals surface area contributed by atoms with Crippen LogP contribution in [0, 0.1) is 0 Å². The standard InChI is InChI=1S/C15H16N2O2/c1-18-14-8-12(9-15(10-14)19-2)11-16-17-13-6-4-3-5-7-13/h3-11,17H,1-2H3. The van der Waals surface area contributed by atoms with Gasteiger partial charge in [0.2, 0.25) is 0 Å². The molecule has 0 fully saturated rings. The van der Waals surface area contributed by atoms with Crippen molar-refractivity contribution in [2.45, 2.75) is 0 Å². The van der Waals surface area contributed by atoms with Gasteiger partial charge >= 0.3 is 0 Å². The Hall–Kier alpha value is -2.49. The maximum atomic E-state index is 5.20. The number of hydrogen-bond acceptors (Lipinski definition) is 4. The van der Waals surface area contributed by atoms with Crippen molar-refractivity contribution in [2.24, 2.45) is 5.10 Å². The molecule has 0 radical (unpaired) electrons. The summed E-state index contributed by atoms with van der Waals surface area (Å²) in [7, 11) is 3.25. The highest BCUT2D eigenvalue weighted by Gasteiger charge is 1.99. The number of benzene rings is 2. The molecule has 0 atom stereocenters. The second-order valence-electron chi connectivity index (χ2n) is 3.88. The van der Waals surface area contributed by atoms with E-state index in [1.54, 1.807) is 20.4 Å². The second-order valence-corrected chi connectivity index (χ2v) is 3.88. The summed E-state index contributed by atoms with van der Waals surface area (Å²) < 4.78 is 10.4. The number of nitrogens with zero attached hydrogens (tertiary/aromatic N) is 1. The molecule has 1 N–H and O–H groups in total. The predicted octanol–water partition coefficient (Wildman–Crippen LogP) is 3.15. The lowest BCUT2D eigenvalue weighted by molar-refractivity contribution is 0.394. The van der Waals surface area contributed by atoms with Crippen LogP contribution in [0.4, 0.5) is 5.69 Å². The average Bonchev–Trinajstić information content (AvgIpc) is 2.48. The quantitative estimate of drug-likeness (QED) is 0.660. The molecule has 0 aliphatic carbocycles. The molecule has 2 aromatic rings. The summed E-state index contributed by atoms with van der Waals surface area (Å²) in [6.45, 7) is 0. The van der Waals surface area contributed by atoms with Gasteiger partial charge in [0.1, 0.15) is 11.5 Å². The van der Waals surface area contributed by atoms with Crippen molar-refractivity contribution >= 4 is 11.9 Å². The summed E-state index contributed by atoms with van der Waals surface area (Å²) in [5.41, 5.74) is 4.80. The van der Waals surface area contributed by atoms with Gasteiger partial charge in [0, 0.05) is 11.6 Å². The van der Waals surface area contributed by atoms with Crippen LogP contribution < -0.4 is 14.9 Å². The van der Waals surface area contributed by atoms with E-state index in [1.165, 1.54) is 0 Å². The minimum atomic E-state index is 0.737. The van der Waals surface area contributed by atoms with E-state index in [4.69, 9.17) is 9.47 Å². The molecule has 0 aromatic heterocycles. The largest absolute Gasteiger partial charge is 0.497 e. The molecule has 0 aliphatic heterocycles. The van der Waals surface area contributed by atoms with Crippen LogP contribution in [0.2, 0.25) is 0 Å². The fourth-order valence-electron chi connectivity index (χ4n) is 1.60. The molecule has 0 spiro atoms. The van der Waals surface area contributed by atoms with E-state index in [9.17, 15) is 0 Å². The van der Waals surface area contributed by atoms with E-state index in [0.717, 1.165) is 22.7 Å². The van der Waals surface area contributed by atoms with Gasteiger partial charge in [-0.2, -0.15) is 5.10 Å². The molecule has 98 valence electrons. The van der Waals surface area contributed by atoms with Crippen LogP contribution >= 0.6 is 0 Å². The second kappa shape index (κ2) is 6.44. The van der Waals surface area contributed by atoms with Crippen LogP contribution in [0.1, 0.15) is 5.56 Å². The number of nitrogens with one attached hydrogen (secondary N) is 1. The zero-order chi connectivity index (χ0) is 13.5. The summed E-state index contributed by atoms with van der Waals surface area (Å²) in [5.74, 6) is 1.47. The first-order chi connectivity index (χ1) is 9.31. The van der Waals surface area contributed by atoms with Crippen molar-refractivity contribution in [3.05, 3.63) is 54.1 Å². The maximum Gasteiger partial charge on any atom is 0.123 e. The van der Waals surface area contributed by atoms with Gasteiger partial charge in [0.05, 0.1) is 26.1 Å². The summed E-state index contributed by atoms with van der Waals surface area (Å²) in [4.78, 5) is 0.